The Kier molecular flexibility index (Phi) is 4.12. The number of hydrogen-bond donors (Lipinski definition) is 4. The maximum Gasteiger partial charge on any atom is 0.326 e. The average Bonchev–Trinajstić information content (AvgIpc) is 3.34. The molecule has 0 unspecified atom stereocenters. The Morgan fingerprint density at radius 2 is 2.07 bits per heavy atom. The van der Waals surface area contributed by atoms with E-state index < -0.39 is 11.9 Å². The quantitative estimate of drug-likeness (QED) is 0.382. The molecular weight excluding hydrogens is 389 g/mol. The van der Waals surface area contributed by atoms with Gasteiger partial charge in [0.05, 0.1) is 6.20 Å². The number of carbonyl (C=O) groups is 2. The molecule has 30 heavy (non-hydrogen) atoms. The van der Waals surface area contributed by atoms with Gasteiger partial charge in [-0.15, -0.1) is 0 Å². The second-order valence-electron chi connectivity index (χ2n) is 7.33. The van der Waals surface area contributed by atoms with Gasteiger partial charge in [0.1, 0.15) is 23.1 Å². The highest BCUT2D eigenvalue weighted by Gasteiger charge is 2.25. The van der Waals surface area contributed by atoms with Crippen molar-refractivity contribution in [2.24, 2.45) is 0 Å². The van der Waals surface area contributed by atoms with Crippen molar-refractivity contribution in [3.8, 4) is 0 Å². The number of hydrogen-bond acceptors (Lipinski definition) is 6. The van der Waals surface area contributed by atoms with Gasteiger partial charge in [-0.25, -0.2) is 14.2 Å². The van der Waals surface area contributed by atoms with E-state index in [1.54, 1.807) is 16.8 Å². The molecule has 2 fully saturated rings. The molecule has 1 aromatic carbocycles. The number of imide groups is 1. The summed E-state index contributed by atoms with van der Waals surface area (Å²) in [6.45, 7) is 1.87. The first-order valence-electron chi connectivity index (χ1n) is 9.49. The summed E-state index contributed by atoms with van der Waals surface area (Å²) in [6.07, 6.45) is 5.23. The zero-order chi connectivity index (χ0) is 20.8. The summed E-state index contributed by atoms with van der Waals surface area (Å²) >= 11 is 0. The number of fused-ring (bicyclic) bond motifs is 1. The Bertz CT molecular complexity index is 1230. The van der Waals surface area contributed by atoms with Gasteiger partial charge in [-0.05, 0) is 43.5 Å². The van der Waals surface area contributed by atoms with Gasteiger partial charge in [0.25, 0.3) is 5.91 Å². The predicted molar refractivity (Wildman–Crippen MR) is 109 cm³/mol. The molecule has 0 bridgehead atoms. The van der Waals surface area contributed by atoms with Crippen LogP contribution in [0.15, 0.2) is 36.2 Å². The highest BCUT2D eigenvalue weighted by Crippen LogP contribution is 2.29. The third-order valence-corrected chi connectivity index (χ3v) is 4.91. The second kappa shape index (κ2) is 6.83. The molecule has 5 rings (SSSR count). The van der Waals surface area contributed by atoms with Crippen LogP contribution in [0.5, 0.6) is 0 Å². The number of anilines is 3. The lowest BCUT2D eigenvalue weighted by molar-refractivity contribution is -0.115. The highest BCUT2D eigenvalue weighted by atomic mass is 19.1. The number of nitrogens with zero attached hydrogens (tertiary/aromatic N) is 3. The first-order chi connectivity index (χ1) is 14.5. The minimum atomic E-state index is -0.573. The fraction of sp³-hybridized carbons (Fsp3) is 0.200. The lowest BCUT2D eigenvalue weighted by atomic mass is 10.2. The van der Waals surface area contributed by atoms with Gasteiger partial charge < -0.3 is 16.0 Å². The fourth-order valence-corrected chi connectivity index (χ4v) is 3.19. The number of halogens is 1. The van der Waals surface area contributed by atoms with E-state index in [9.17, 15) is 14.0 Å². The van der Waals surface area contributed by atoms with Crippen LogP contribution < -0.4 is 21.3 Å². The van der Waals surface area contributed by atoms with E-state index in [1.807, 2.05) is 13.0 Å². The van der Waals surface area contributed by atoms with E-state index >= 15 is 0 Å². The first-order valence-corrected chi connectivity index (χ1v) is 9.49. The van der Waals surface area contributed by atoms with Crippen LogP contribution in [0.4, 0.5) is 26.5 Å². The minimum absolute atomic E-state index is 0.118. The average molecular weight is 407 g/mol. The summed E-state index contributed by atoms with van der Waals surface area (Å²) in [7, 11) is 0. The van der Waals surface area contributed by atoms with Crippen molar-refractivity contribution in [1.82, 2.24) is 25.2 Å². The first kappa shape index (κ1) is 18.1. The van der Waals surface area contributed by atoms with E-state index in [4.69, 9.17) is 0 Å². The molecule has 152 valence electrons. The third-order valence-electron chi connectivity index (χ3n) is 4.91. The normalized spacial score (nSPS) is 17.3. The van der Waals surface area contributed by atoms with Crippen molar-refractivity contribution >= 4 is 41.0 Å². The Hall–Kier alpha value is -3.95. The van der Waals surface area contributed by atoms with Crippen molar-refractivity contribution < 1.29 is 14.0 Å². The van der Waals surface area contributed by atoms with Gasteiger partial charge in [0.2, 0.25) is 0 Å². The van der Waals surface area contributed by atoms with E-state index in [0.717, 1.165) is 24.2 Å². The van der Waals surface area contributed by atoms with Gasteiger partial charge in [-0.1, -0.05) is 6.07 Å². The standard InChI is InChI=1S/C20H18FN7O2/c1-10-2-3-12(21)7-14(10)24-16-8-17(23-13-4-5-13)28-18(26-16)11(9-22-28)6-15-19(29)27-20(30)25-15/h2-3,6-9,13,23H,4-5H2,1H3,(H,24,26)(H2,25,27,29,30)/b15-6-. The molecule has 3 amide bonds. The molecule has 1 aliphatic heterocycles. The van der Waals surface area contributed by atoms with Crippen molar-refractivity contribution in [1.29, 1.82) is 0 Å². The van der Waals surface area contributed by atoms with Crippen LogP contribution in [-0.4, -0.2) is 32.6 Å². The largest absolute Gasteiger partial charge is 0.367 e. The number of urea groups is 1. The number of rotatable bonds is 5. The van der Waals surface area contributed by atoms with Crippen LogP contribution in [0.1, 0.15) is 24.0 Å². The Balaban J connectivity index is 1.59. The van der Waals surface area contributed by atoms with Crippen LogP contribution in [0.2, 0.25) is 0 Å². The van der Waals surface area contributed by atoms with Gasteiger partial charge in [-0.2, -0.15) is 9.61 Å². The molecule has 10 heteroatoms. The molecule has 0 atom stereocenters. The molecule has 9 nitrogen and oxygen atoms in total. The van der Waals surface area contributed by atoms with Crippen LogP contribution in [0.25, 0.3) is 11.7 Å². The smallest absolute Gasteiger partial charge is 0.326 e. The molecule has 2 aromatic heterocycles. The summed E-state index contributed by atoms with van der Waals surface area (Å²) in [6, 6.07) is 6.10. The number of nitrogens with one attached hydrogen (secondary N) is 4. The summed E-state index contributed by atoms with van der Waals surface area (Å²) in [5.41, 5.74) is 2.63. The second-order valence-corrected chi connectivity index (χ2v) is 7.33. The molecule has 3 aromatic rings. The molecule has 0 radical (unpaired) electrons. The lowest BCUT2D eigenvalue weighted by Crippen LogP contribution is -2.22. The van der Waals surface area contributed by atoms with Gasteiger partial charge >= 0.3 is 6.03 Å². The zero-order valence-electron chi connectivity index (χ0n) is 16.0. The van der Waals surface area contributed by atoms with Gasteiger partial charge in [0, 0.05) is 23.4 Å². The molecule has 4 N–H and O–H groups in total. The maximum absolute atomic E-state index is 13.7. The molecular formula is C20H18FN7O2. The van der Waals surface area contributed by atoms with E-state index in [1.165, 1.54) is 18.2 Å². The molecule has 2 aliphatic rings. The van der Waals surface area contributed by atoms with Crippen molar-refractivity contribution in [2.45, 2.75) is 25.8 Å². The van der Waals surface area contributed by atoms with Crippen molar-refractivity contribution in [3.05, 3.63) is 53.1 Å². The number of benzene rings is 1. The SMILES string of the molecule is Cc1ccc(F)cc1Nc1cc(NC2CC2)n2ncc(/C=C3\NC(=O)NC3=O)c2n1. The number of aromatic nitrogens is 3. The molecule has 1 saturated heterocycles. The topological polar surface area (TPSA) is 112 Å². The van der Waals surface area contributed by atoms with Crippen LogP contribution >= 0.6 is 0 Å². The summed E-state index contributed by atoms with van der Waals surface area (Å²) < 4.78 is 15.3. The van der Waals surface area contributed by atoms with E-state index in [0.29, 0.717) is 28.8 Å². The van der Waals surface area contributed by atoms with E-state index in [2.05, 4.69) is 31.3 Å². The highest BCUT2D eigenvalue weighted by molar-refractivity contribution is 6.14. The molecule has 1 aliphatic carbocycles. The van der Waals surface area contributed by atoms with Gasteiger partial charge in [-0.3, -0.25) is 10.1 Å². The monoisotopic (exact) mass is 407 g/mol. The minimum Gasteiger partial charge on any atom is -0.367 e. The van der Waals surface area contributed by atoms with Crippen molar-refractivity contribution in [2.75, 3.05) is 10.6 Å². The maximum atomic E-state index is 13.7. The molecule has 1 saturated carbocycles. The van der Waals surface area contributed by atoms with Gasteiger partial charge in [0.15, 0.2) is 5.65 Å². The van der Waals surface area contributed by atoms with Crippen LogP contribution in [-0.2, 0) is 4.79 Å². The molecule has 3 heterocycles. The Labute approximate surface area is 170 Å². The van der Waals surface area contributed by atoms with E-state index in [-0.39, 0.29) is 11.5 Å². The third kappa shape index (κ3) is 3.43. The molecule has 0 spiro atoms. The van der Waals surface area contributed by atoms with Crippen LogP contribution in [0.3, 0.4) is 0 Å². The Morgan fingerprint density at radius 1 is 1.23 bits per heavy atom. The fourth-order valence-electron chi connectivity index (χ4n) is 3.19. The summed E-state index contributed by atoms with van der Waals surface area (Å²) in [5, 5.41) is 15.6. The van der Waals surface area contributed by atoms with Crippen molar-refractivity contribution in [3.63, 3.8) is 0 Å². The summed E-state index contributed by atoms with van der Waals surface area (Å²) in [4.78, 5) is 27.9. The number of amides is 3. The summed E-state index contributed by atoms with van der Waals surface area (Å²) in [5.74, 6) is 0.363. The number of carbonyl (C=O) groups excluding carboxylic acids is 2. The van der Waals surface area contributed by atoms with Crippen LogP contribution in [0, 0.1) is 12.7 Å². The Morgan fingerprint density at radius 3 is 2.80 bits per heavy atom. The zero-order valence-corrected chi connectivity index (χ0v) is 16.0. The number of aryl methyl sites for hydroxylation is 1. The predicted octanol–water partition coefficient (Wildman–Crippen LogP) is 2.68. The lowest BCUT2D eigenvalue weighted by Gasteiger charge is -2.13.